The SMILES string of the molecule is CCOP1(=O)c2c(ccc3c2CCCN3C)C(=O)c2ccc3c(c21)CCCN3C. The average molecular weight is 410 g/mol. The Morgan fingerprint density at radius 3 is 1.83 bits per heavy atom. The molecule has 0 N–H and O–H groups in total. The lowest BCUT2D eigenvalue weighted by Crippen LogP contribution is -2.41. The maximum atomic E-state index is 14.8. The molecule has 0 fully saturated rings. The number of carbonyl (C=O) groups excluding carboxylic acids is 1. The Bertz CT molecular complexity index is 1000. The van der Waals surface area contributed by atoms with Crippen LogP contribution in [0.25, 0.3) is 0 Å². The van der Waals surface area contributed by atoms with Crippen molar-refractivity contribution in [3.8, 4) is 0 Å². The third-order valence-electron chi connectivity index (χ3n) is 6.57. The molecule has 0 spiro atoms. The van der Waals surface area contributed by atoms with Crippen molar-refractivity contribution >= 4 is 35.1 Å². The molecule has 3 aliphatic rings. The Kier molecular flexibility index (Phi) is 4.38. The van der Waals surface area contributed by atoms with Gasteiger partial charge in [0, 0.05) is 49.7 Å². The van der Waals surface area contributed by atoms with Crippen molar-refractivity contribution < 1.29 is 13.9 Å². The molecule has 0 unspecified atom stereocenters. The summed E-state index contributed by atoms with van der Waals surface area (Å²) in [5, 5.41) is 1.34. The number of hydrogen-bond acceptors (Lipinski definition) is 5. The van der Waals surface area contributed by atoms with E-state index in [4.69, 9.17) is 4.52 Å². The van der Waals surface area contributed by atoms with Gasteiger partial charge < -0.3 is 14.3 Å². The number of rotatable bonds is 2. The summed E-state index contributed by atoms with van der Waals surface area (Å²) < 4.78 is 20.9. The molecule has 0 saturated heterocycles. The second-order valence-electron chi connectivity index (χ2n) is 8.27. The summed E-state index contributed by atoms with van der Waals surface area (Å²) in [7, 11) is 0.743. The summed E-state index contributed by atoms with van der Waals surface area (Å²) in [6, 6.07) is 7.74. The Morgan fingerprint density at radius 1 is 0.897 bits per heavy atom. The third kappa shape index (κ3) is 2.57. The fraction of sp³-hybridized carbons (Fsp3) is 0.435. The number of carbonyl (C=O) groups is 1. The van der Waals surface area contributed by atoms with E-state index in [-0.39, 0.29) is 5.78 Å². The zero-order valence-corrected chi connectivity index (χ0v) is 18.2. The van der Waals surface area contributed by atoms with Gasteiger partial charge in [0.2, 0.25) is 0 Å². The maximum absolute atomic E-state index is 14.8. The van der Waals surface area contributed by atoms with E-state index in [1.54, 1.807) is 0 Å². The average Bonchev–Trinajstić information content (AvgIpc) is 2.71. The zero-order chi connectivity index (χ0) is 20.3. The van der Waals surface area contributed by atoms with Gasteiger partial charge >= 0.3 is 0 Å². The Balaban J connectivity index is 1.86. The van der Waals surface area contributed by atoms with E-state index >= 15 is 0 Å². The number of ketones is 1. The predicted molar refractivity (Wildman–Crippen MR) is 118 cm³/mol. The fourth-order valence-electron chi connectivity index (χ4n) is 5.29. The summed E-state index contributed by atoms with van der Waals surface area (Å²) in [6.07, 6.45) is 3.64. The van der Waals surface area contributed by atoms with E-state index in [0.717, 1.165) is 61.3 Å². The van der Waals surface area contributed by atoms with E-state index < -0.39 is 7.37 Å². The number of nitrogens with zero attached hydrogens (tertiary/aromatic N) is 2. The maximum Gasteiger partial charge on any atom is 0.263 e. The van der Waals surface area contributed by atoms with Gasteiger partial charge in [0.1, 0.15) is 0 Å². The van der Waals surface area contributed by atoms with Crippen LogP contribution in [-0.2, 0) is 21.9 Å². The normalized spacial score (nSPS) is 19.3. The first-order valence-electron chi connectivity index (χ1n) is 10.5. The highest BCUT2D eigenvalue weighted by molar-refractivity contribution is 7.75. The first-order chi connectivity index (χ1) is 14.0. The van der Waals surface area contributed by atoms with Gasteiger partial charge in [-0.1, -0.05) is 0 Å². The molecule has 0 bridgehead atoms. The van der Waals surface area contributed by atoms with E-state index in [9.17, 15) is 9.36 Å². The van der Waals surface area contributed by atoms with Crippen LogP contribution in [0, 0.1) is 0 Å². The number of fused-ring (bicyclic) bond motifs is 6. The summed E-state index contributed by atoms with van der Waals surface area (Å²) in [4.78, 5) is 17.9. The van der Waals surface area contributed by atoms with Crippen LogP contribution < -0.4 is 20.4 Å². The first kappa shape index (κ1) is 18.9. The molecule has 5 rings (SSSR count). The van der Waals surface area contributed by atoms with E-state index in [2.05, 4.69) is 23.9 Å². The van der Waals surface area contributed by atoms with Gasteiger partial charge in [0.05, 0.1) is 17.2 Å². The van der Waals surface area contributed by atoms with Gasteiger partial charge in [-0.05, 0) is 68.0 Å². The fourth-order valence-corrected chi connectivity index (χ4v) is 8.29. The molecular formula is C23H27N2O3P. The lowest BCUT2D eigenvalue weighted by molar-refractivity contribution is 0.103. The van der Waals surface area contributed by atoms with E-state index in [1.165, 1.54) is 0 Å². The van der Waals surface area contributed by atoms with Crippen molar-refractivity contribution in [2.75, 3.05) is 43.6 Å². The summed E-state index contributed by atoms with van der Waals surface area (Å²) in [5.74, 6) is -0.0202. The molecule has 152 valence electrons. The van der Waals surface area contributed by atoms with Crippen LogP contribution >= 0.6 is 7.37 Å². The molecule has 2 aromatic carbocycles. The lowest BCUT2D eigenvalue weighted by atomic mass is 9.92. The second kappa shape index (κ2) is 6.72. The Morgan fingerprint density at radius 2 is 1.38 bits per heavy atom. The summed E-state index contributed by atoms with van der Waals surface area (Å²) >= 11 is 0. The number of hydrogen-bond donors (Lipinski definition) is 0. The van der Waals surface area contributed by atoms with Crippen molar-refractivity contribution in [2.45, 2.75) is 32.6 Å². The molecule has 0 radical (unpaired) electrons. The Hall–Kier alpha value is -2.10. The van der Waals surface area contributed by atoms with E-state index in [1.807, 2.05) is 31.2 Å². The molecule has 2 aromatic rings. The standard InChI is InChI=1S/C23H27N2O3P/c1-4-28-29(27)22-15-7-5-13-24(2)19(15)11-9-17(22)21(26)18-10-12-20-16(23(18)29)8-6-14-25(20)3/h9-12H,4-8,13-14H2,1-3H3. The predicted octanol–water partition coefficient (Wildman–Crippen LogP) is 3.26. The van der Waals surface area contributed by atoms with Gasteiger partial charge in [-0.15, -0.1) is 0 Å². The van der Waals surface area contributed by atoms with Crippen LogP contribution in [-0.4, -0.2) is 39.6 Å². The molecule has 29 heavy (non-hydrogen) atoms. The molecule has 5 nitrogen and oxygen atoms in total. The number of benzene rings is 2. The molecule has 0 aliphatic carbocycles. The van der Waals surface area contributed by atoms with Crippen LogP contribution in [0.3, 0.4) is 0 Å². The van der Waals surface area contributed by atoms with E-state index in [0.29, 0.717) is 28.3 Å². The van der Waals surface area contributed by atoms with Crippen molar-refractivity contribution in [1.29, 1.82) is 0 Å². The van der Waals surface area contributed by atoms with Gasteiger partial charge in [-0.25, -0.2) is 0 Å². The minimum absolute atomic E-state index is 0.0202. The van der Waals surface area contributed by atoms with Crippen LogP contribution in [0.15, 0.2) is 24.3 Å². The van der Waals surface area contributed by atoms with Crippen LogP contribution in [0.4, 0.5) is 11.4 Å². The highest BCUT2D eigenvalue weighted by atomic mass is 31.2. The third-order valence-corrected chi connectivity index (χ3v) is 9.39. The second-order valence-corrected chi connectivity index (χ2v) is 10.5. The summed E-state index contributed by atoms with van der Waals surface area (Å²) in [5.41, 5.74) is 5.35. The molecule has 6 heteroatoms. The topological polar surface area (TPSA) is 49.9 Å². The zero-order valence-electron chi connectivity index (χ0n) is 17.3. The Labute approximate surface area is 172 Å². The van der Waals surface area contributed by atoms with Gasteiger partial charge in [-0.3, -0.25) is 9.36 Å². The minimum Gasteiger partial charge on any atom is -0.374 e. The highest BCUT2D eigenvalue weighted by Crippen LogP contribution is 2.54. The van der Waals surface area contributed by atoms with Gasteiger partial charge in [0.15, 0.2) is 5.78 Å². The largest absolute Gasteiger partial charge is 0.374 e. The smallest absolute Gasteiger partial charge is 0.263 e. The van der Waals surface area contributed by atoms with Gasteiger partial charge in [0.25, 0.3) is 7.37 Å². The van der Waals surface area contributed by atoms with Crippen molar-refractivity contribution in [2.24, 2.45) is 0 Å². The van der Waals surface area contributed by atoms with Crippen LogP contribution in [0.2, 0.25) is 0 Å². The summed E-state index contributed by atoms with van der Waals surface area (Å²) in [6.45, 7) is 4.17. The molecule has 0 aromatic heterocycles. The van der Waals surface area contributed by atoms with Crippen LogP contribution in [0.5, 0.6) is 0 Å². The molecule has 3 heterocycles. The first-order valence-corrected chi connectivity index (χ1v) is 12.1. The molecule has 0 saturated carbocycles. The van der Waals surface area contributed by atoms with Crippen molar-refractivity contribution in [1.82, 2.24) is 0 Å². The lowest BCUT2D eigenvalue weighted by Gasteiger charge is -2.37. The molecule has 3 aliphatic heterocycles. The van der Waals surface area contributed by atoms with Crippen molar-refractivity contribution in [3.63, 3.8) is 0 Å². The number of anilines is 2. The molecular weight excluding hydrogens is 383 g/mol. The van der Waals surface area contributed by atoms with Crippen LogP contribution in [0.1, 0.15) is 46.8 Å². The van der Waals surface area contributed by atoms with Gasteiger partial charge in [-0.2, -0.15) is 0 Å². The minimum atomic E-state index is -3.38. The molecule has 0 amide bonds. The highest BCUT2D eigenvalue weighted by Gasteiger charge is 2.46. The molecule has 0 atom stereocenters. The monoisotopic (exact) mass is 410 g/mol. The quantitative estimate of drug-likeness (QED) is 0.712. The van der Waals surface area contributed by atoms with Crippen molar-refractivity contribution in [3.05, 3.63) is 46.5 Å².